The fourth-order valence-corrected chi connectivity index (χ4v) is 3.13. The van der Waals surface area contributed by atoms with Crippen molar-refractivity contribution in [1.82, 2.24) is 15.3 Å². The van der Waals surface area contributed by atoms with Gasteiger partial charge in [-0.1, -0.05) is 11.6 Å². The SMILES string of the molecule is OCC1CCC(NCc2cnc(-c3ccc(Cl)cc3)nc2)CC1. The summed E-state index contributed by atoms with van der Waals surface area (Å²) in [6, 6.07) is 8.08. The van der Waals surface area contributed by atoms with E-state index < -0.39 is 0 Å². The highest BCUT2D eigenvalue weighted by Gasteiger charge is 2.19. The zero-order valence-electron chi connectivity index (χ0n) is 13.1. The maximum atomic E-state index is 9.18. The molecule has 1 aliphatic rings. The number of aliphatic hydroxyl groups is 1. The molecule has 1 aromatic heterocycles. The second-order valence-electron chi connectivity index (χ2n) is 6.20. The smallest absolute Gasteiger partial charge is 0.159 e. The summed E-state index contributed by atoms with van der Waals surface area (Å²) in [5.74, 6) is 1.21. The Bertz CT molecular complexity index is 607. The molecule has 5 heteroatoms. The molecule has 1 aliphatic carbocycles. The Kier molecular flexibility index (Phi) is 5.60. The molecule has 1 saturated carbocycles. The minimum absolute atomic E-state index is 0.326. The predicted octanol–water partition coefficient (Wildman–Crippen LogP) is 3.44. The van der Waals surface area contributed by atoms with E-state index in [0.717, 1.165) is 43.4 Å². The molecule has 4 nitrogen and oxygen atoms in total. The summed E-state index contributed by atoms with van der Waals surface area (Å²) in [6.07, 6.45) is 8.25. The summed E-state index contributed by atoms with van der Waals surface area (Å²) < 4.78 is 0. The van der Waals surface area contributed by atoms with Gasteiger partial charge in [-0.25, -0.2) is 9.97 Å². The molecular weight excluding hydrogens is 310 g/mol. The minimum atomic E-state index is 0.326. The van der Waals surface area contributed by atoms with Gasteiger partial charge in [0.25, 0.3) is 0 Å². The molecule has 0 atom stereocenters. The summed E-state index contributed by atoms with van der Waals surface area (Å²) in [6.45, 7) is 1.11. The molecule has 3 rings (SSSR count). The standard InChI is InChI=1S/C18H22ClN3O/c19-16-5-3-15(4-6-16)18-21-10-14(11-22-18)9-20-17-7-1-13(12-23)2-8-17/h3-6,10-11,13,17,20,23H,1-2,7-9,12H2. The van der Waals surface area contributed by atoms with Gasteiger partial charge in [0.15, 0.2) is 5.82 Å². The Morgan fingerprint density at radius 3 is 2.30 bits per heavy atom. The van der Waals surface area contributed by atoms with Crippen LogP contribution < -0.4 is 5.32 Å². The molecule has 2 aromatic rings. The van der Waals surface area contributed by atoms with Crippen molar-refractivity contribution in [2.24, 2.45) is 5.92 Å². The normalized spacial score (nSPS) is 21.3. The van der Waals surface area contributed by atoms with E-state index in [1.807, 2.05) is 36.7 Å². The van der Waals surface area contributed by atoms with Gasteiger partial charge in [0.1, 0.15) is 0 Å². The summed E-state index contributed by atoms with van der Waals surface area (Å²) in [5, 5.41) is 13.5. The number of nitrogens with zero attached hydrogens (tertiary/aromatic N) is 2. The molecule has 0 unspecified atom stereocenters. The number of rotatable bonds is 5. The lowest BCUT2D eigenvalue weighted by Crippen LogP contribution is -2.33. The average Bonchev–Trinajstić information content (AvgIpc) is 2.61. The van der Waals surface area contributed by atoms with E-state index in [1.54, 1.807) is 0 Å². The monoisotopic (exact) mass is 331 g/mol. The van der Waals surface area contributed by atoms with E-state index >= 15 is 0 Å². The number of hydrogen-bond donors (Lipinski definition) is 2. The zero-order chi connectivity index (χ0) is 16.1. The summed E-state index contributed by atoms with van der Waals surface area (Å²) in [5.41, 5.74) is 2.06. The van der Waals surface area contributed by atoms with Crippen LogP contribution in [0.1, 0.15) is 31.2 Å². The summed E-state index contributed by atoms with van der Waals surface area (Å²) >= 11 is 5.89. The molecule has 0 radical (unpaired) electrons. The lowest BCUT2D eigenvalue weighted by atomic mass is 9.86. The number of hydrogen-bond acceptors (Lipinski definition) is 4. The first-order valence-electron chi connectivity index (χ1n) is 8.15. The minimum Gasteiger partial charge on any atom is -0.396 e. The quantitative estimate of drug-likeness (QED) is 0.881. The molecule has 0 aliphatic heterocycles. The third-order valence-electron chi connectivity index (χ3n) is 4.51. The van der Waals surface area contributed by atoms with Crippen molar-refractivity contribution in [3.63, 3.8) is 0 Å². The highest BCUT2D eigenvalue weighted by molar-refractivity contribution is 6.30. The van der Waals surface area contributed by atoms with Crippen LogP contribution in [0.2, 0.25) is 5.02 Å². The van der Waals surface area contributed by atoms with E-state index in [1.165, 1.54) is 0 Å². The molecule has 2 N–H and O–H groups in total. The van der Waals surface area contributed by atoms with Gasteiger partial charge in [0.05, 0.1) is 0 Å². The van der Waals surface area contributed by atoms with Crippen molar-refractivity contribution in [2.45, 2.75) is 38.3 Å². The second kappa shape index (κ2) is 7.86. The van der Waals surface area contributed by atoms with Crippen molar-refractivity contribution in [2.75, 3.05) is 6.61 Å². The number of benzene rings is 1. The highest BCUT2D eigenvalue weighted by atomic mass is 35.5. The fraction of sp³-hybridized carbons (Fsp3) is 0.444. The topological polar surface area (TPSA) is 58.0 Å². The van der Waals surface area contributed by atoms with Crippen molar-refractivity contribution in [1.29, 1.82) is 0 Å². The zero-order valence-corrected chi connectivity index (χ0v) is 13.8. The second-order valence-corrected chi connectivity index (χ2v) is 6.64. The van der Waals surface area contributed by atoms with Gasteiger partial charge in [-0.05, 0) is 55.9 Å². The van der Waals surface area contributed by atoms with Gasteiger partial charge in [-0.15, -0.1) is 0 Å². The van der Waals surface area contributed by atoms with E-state index in [9.17, 15) is 5.11 Å². The predicted molar refractivity (Wildman–Crippen MR) is 92.1 cm³/mol. The van der Waals surface area contributed by atoms with Gasteiger partial charge in [0.2, 0.25) is 0 Å². The van der Waals surface area contributed by atoms with Crippen LogP contribution in [0.25, 0.3) is 11.4 Å². The Morgan fingerprint density at radius 1 is 1.04 bits per heavy atom. The van der Waals surface area contributed by atoms with Gasteiger partial charge < -0.3 is 10.4 Å². The third-order valence-corrected chi connectivity index (χ3v) is 4.76. The van der Waals surface area contributed by atoms with Crippen LogP contribution in [0.4, 0.5) is 0 Å². The van der Waals surface area contributed by atoms with Crippen LogP contribution in [0.15, 0.2) is 36.7 Å². The van der Waals surface area contributed by atoms with Crippen molar-refractivity contribution >= 4 is 11.6 Å². The van der Waals surface area contributed by atoms with Crippen molar-refractivity contribution in [3.8, 4) is 11.4 Å². The molecule has 1 heterocycles. The largest absolute Gasteiger partial charge is 0.396 e. The van der Waals surface area contributed by atoms with Crippen LogP contribution in [-0.4, -0.2) is 27.7 Å². The molecule has 0 bridgehead atoms. The van der Waals surface area contributed by atoms with E-state index in [4.69, 9.17) is 11.6 Å². The summed E-state index contributed by atoms with van der Waals surface area (Å²) in [7, 11) is 0. The molecule has 0 spiro atoms. The van der Waals surface area contributed by atoms with Crippen LogP contribution in [0, 0.1) is 5.92 Å². The Balaban J connectivity index is 1.53. The Morgan fingerprint density at radius 2 is 1.70 bits per heavy atom. The molecular formula is C18H22ClN3O. The van der Waals surface area contributed by atoms with E-state index in [0.29, 0.717) is 29.4 Å². The molecule has 1 aromatic carbocycles. The number of halogens is 1. The third kappa shape index (κ3) is 4.50. The first-order chi connectivity index (χ1) is 11.2. The molecule has 1 fully saturated rings. The average molecular weight is 332 g/mol. The Labute approximate surface area is 141 Å². The van der Waals surface area contributed by atoms with Gasteiger partial charge >= 0.3 is 0 Å². The van der Waals surface area contributed by atoms with Crippen LogP contribution in [0.5, 0.6) is 0 Å². The maximum absolute atomic E-state index is 9.18. The molecule has 0 amide bonds. The fourth-order valence-electron chi connectivity index (χ4n) is 3.01. The van der Waals surface area contributed by atoms with Gasteiger partial charge in [0, 0.05) is 47.7 Å². The summed E-state index contributed by atoms with van der Waals surface area (Å²) in [4.78, 5) is 8.88. The van der Waals surface area contributed by atoms with Crippen LogP contribution in [0.3, 0.4) is 0 Å². The van der Waals surface area contributed by atoms with E-state index in [-0.39, 0.29) is 0 Å². The first kappa shape index (κ1) is 16.4. The van der Waals surface area contributed by atoms with E-state index in [2.05, 4.69) is 15.3 Å². The number of aromatic nitrogens is 2. The van der Waals surface area contributed by atoms with Crippen LogP contribution in [-0.2, 0) is 6.54 Å². The molecule has 122 valence electrons. The first-order valence-corrected chi connectivity index (χ1v) is 8.53. The lowest BCUT2D eigenvalue weighted by molar-refractivity contribution is 0.175. The number of aliphatic hydroxyl groups excluding tert-OH is 1. The Hall–Kier alpha value is -1.49. The van der Waals surface area contributed by atoms with Crippen molar-refractivity contribution in [3.05, 3.63) is 47.2 Å². The molecule has 0 saturated heterocycles. The van der Waals surface area contributed by atoms with Gasteiger partial charge in [-0.2, -0.15) is 0 Å². The number of nitrogens with one attached hydrogen (secondary N) is 1. The van der Waals surface area contributed by atoms with Gasteiger partial charge in [-0.3, -0.25) is 0 Å². The lowest BCUT2D eigenvalue weighted by Gasteiger charge is -2.28. The molecule has 23 heavy (non-hydrogen) atoms. The van der Waals surface area contributed by atoms with Crippen LogP contribution >= 0.6 is 11.6 Å². The highest BCUT2D eigenvalue weighted by Crippen LogP contribution is 2.24. The maximum Gasteiger partial charge on any atom is 0.159 e. The van der Waals surface area contributed by atoms with Crippen molar-refractivity contribution < 1.29 is 5.11 Å².